The lowest BCUT2D eigenvalue weighted by atomic mass is 10.2. The van der Waals surface area contributed by atoms with Gasteiger partial charge in [-0.25, -0.2) is 9.59 Å². The average Bonchev–Trinajstić information content (AvgIpc) is 2.82. The molecule has 0 bridgehead atoms. The van der Waals surface area contributed by atoms with Gasteiger partial charge >= 0.3 is 12.1 Å². The summed E-state index contributed by atoms with van der Waals surface area (Å²) in [6, 6.07) is 22.0. The van der Waals surface area contributed by atoms with Gasteiger partial charge in [0.15, 0.2) is 0 Å². The summed E-state index contributed by atoms with van der Waals surface area (Å²) in [7, 11) is 6.88. The van der Waals surface area contributed by atoms with E-state index in [2.05, 4.69) is 31.9 Å². The van der Waals surface area contributed by atoms with E-state index < -0.39 is 0 Å². The van der Waals surface area contributed by atoms with E-state index in [-0.39, 0.29) is 12.1 Å². The van der Waals surface area contributed by atoms with Gasteiger partial charge in [0.05, 0.1) is 11.4 Å². The summed E-state index contributed by atoms with van der Waals surface area (Å²) in [6.07, 6.45) is 0. The zero-order chi connectivity index (χ0) is 23.4. The number of benzene rings is 3. The van der Waals surface area contributed by atoms with Gasteiger partial charge in [-0.05, 0) is 74.3 Å². The second-order valence-corrected chi connectivity index (χ2v) is 8.93. The molecule has 3 rings (SSSR count). The maximum absolute atomic E-state index is 13.1. The lowest BCUT2D eigenvalue weighted by Gasteiger charge is -2.28. The monoisotopic (exact) mass is 558 g/mol. The Labute approximate surface area is 205 Å². The van der Waals surface area contributed by atoms with Crippen LogP contribution in [0.4, 0.5) is 32.3 Å². The molecule has 6 nitrogen and oxygen atoms in total. The molecule has 0 aromatic heterocycles. The Morgan fingerprint density at radius 1 is 0.562 bits per heavy atom. The van der Waals surface area contributed by atoms with E-state index in [1.165, 1.54) is 0 Å². The van der Waals surface area contributed by atoms with Crippen molar-refractivity contribution in [2.24, 2.45) is 0 Å². The first kappa shape index (κ1) is 23.8. The number of urea groups is 2. The molecule has 0 fully saturated rings. The molecule has 0 unspecified atom stereocenters. The van der Waals surface area contributed by atoms with Gasteiger partial charge in [-0.2, -0.15) is 0 Å². The number of hydrogen-bond acceptors (Lipinski definition) is 2. The van der Waals surface area contributed by atoms with Crippen molar-refractivity contribution >= 4 is 66.7 Å². The number of hydrogen-bond donors (Lipinski definition) is 0. The third-order valence-electron chi connectivity index (χ3n) is 5.18. The second kappa shape index (κ2) is 10.2. The van der Waals surface area contributed by atoms with Crippen LogP contribution in [-0.2, 0) is 0 Å². The van der Waals surface area contributed by atoms with E-state index >= 15 is 0 Å². The number of carbonyl (C=O) groups excluding carboxylic acids is 2. The van der Waals surface area contributed by atoms with Gasteiger partial charge in [-0.1, -0.05) is 30.3 Å². The standard InChI is InChI=1S/C24H24Br2N4O2/c1-27(23(31)29(3)21-14-7-5-12-19(21)25)17-10-9-11-18(16-17)28(2)24(32)30(4)22-15-8-6-13-20(22)26/h5-16H,1-4H3. The van der Waals surface area contributed by atoms with Crippen LogP contribution in [-0.4, -0.2) is 40.3 Å². The van der Waals surface area contributed by atoms with Crippen molar-refractivity contribution in [1.82, 2.24) is 0 Å². The van der Waals surface area contributed by atoms with Crippen molar-refractivity contribution in [2.45, 2.75) is 0 Å². The van der Waals surface area contributed by atoms with E-state index in [1.807, 2.05) is 72.8 Å². The summed E-state index contributed by atoms with van der Waals surface area (Å²) in [5.41, 5.74) is 2.88. The molecule has 0 saturated heterocycles. The molecule has 3 aromatic rings. The molecule has 166 valence electrons. The van der Waals surface area contributed by atoms with Gasteiger partial charge in [-0.3, -0.25) is 19.6 Å². The number of halogens is 2. The van der Waals surface area contributed by atoms with E-state index in [4.69, 9.17) is 0 Å². The van der Waals surface area contributed by atoms with Crippen molar-refractivity contribution in [3.63, 3.8) is 0 Å². The highest BCUT2D eigenvalue weighted by molar-refractivity contribution is 9.11. The van der Waals surface area contributed by atoms with Crippen LogP contribution in [0.2, 0.25) is 0 Å². The molecule has 0 atom stereocenters. The highest BCUT2D eigenvalue weighted by Crippen LogP contribution is 2.29. The van der Waals surface area contributed by atoms with Crippen LogP contribution in [0.5, 0.6) is 0 Å². The predicted molar refractivity (Wildman–Crippen MR) is 139 cm³/mol. The van der Waals surface area contributed by atoms with Crippen molar-refractivity contribution in [1.29, 1.82) is 0 Å². The van der Waals surface area contributed by atoms with E-state index in [0.717, 1.165) is 20.3 Å². The molecule has 0 aliphatic heterocycles. The van der Waals surface area contributed by atoms with Crippen molar-refractivity contribution in [3.05, 3.63) is 81.7 Å². The highest BCUT2D eigenvalue weighted by atomic mass is 79.9. The first-order chi connectivity index (χ1) is 15.2. The molecule has 0 aliphatic carbocycles. The SMILES string of the molecule is CN(C(=O)N(C)c1ccccc1Br)c1cccc(N(C)C(=O)N(C)c2ccccc2Br)c1. The molecular weight excluding hydrogens is 536 g/mol. The average molecular weight is 560 g/mol. The molecule has 8 heteroatoms. The van der Waals surface area contributed by atoms with Crippen molar-refractivity contribution < 1.29 is 9.59 Å². The molecular formula is C24H24Br2N4O2. The normalized spacial score (nSPS) is 10.4. The molecule has 4 amide bonds. The fourth-order valence-corrected chi connectivity index (χ4v) is 4.34. The molecule has 0 heterocycles. The van der Waals surface area contributed by atoms with Gasteiger partial charge in [0.25, 0.3) is 0 Å². The van der Waals surface area contributed by atoms with Crippen molar-refractivity contribution in [3.8, 4) is 0 Å². The summed E-state index contributed by atoms with van der Waals surface area (Å²) >= 11 is 6.98. The summed E-state index contributed by atoms with van der Waals surface area (Å²) in [5.74, 6) is 0. The molecule has 0 saturated carbocycles. The smallest absolute Gasteiger partial charge is 0.297 e. The number of rotatable bonds is 4. The van der Waals surface area contributed by atoms with Crippen LogP contribution in [0.15, 0.2) is 81.7 Å². The molecule has 0 spiro atoms. The maximum atomic E-state index is 13.1. The summed E-state index contributed by atoms with van der Waals surface area (Å²) in [6.45, 7) is 0. The Morgan fingerprint density at radius 2 is 0.938 bits per heavy atom. The number of carbonyl (C=O) groups is 2. The minimum absolute atomic E-state index is 0.201. The minimum atomic E-state index is -0.201. The van der Waals surface area contributed by atoms with Crippen LogP contribution in [0.3, 0.4) is 0 Å². The fraction of sp³-hybridized carbons (Fsp3) is 0.167. The third kappa shape index (κ3) is 4.97. The first-order valence-corrected chi connectivity index (χ1v) is 11.4. The quantitative estimate of drug-likeness (QED) is 0.361. The van der Waals surface area contributed by atoms with Crippen LogP contribution in [0.1, 0.15) is 0 Å². The molecule has 0 radical (unpaired) electrons. The molecule has 0 N–H and O–H groups in total. The number of nitrogens with zero attached hydrogens (tertiary/aromatic N) is 4. The van der Waals surface area contributed by atoms with Gasteiger partial charge < -0.3 is 0 Å². The van der Waals surface area contributed by atoms with Gasteiger partial charge in [0.1, 0.15) is 0 Å². The summed E-state index contributed by atoms with van der Waals surface area (Å²) in [4.78, 5) is 32.4. The number of amides is 4. The fourth-order valence-electron chi connectivity index (χ4n) is 3.23. The molecule has 0 aliphatic rings. The second-order valence-electron chi connectivity index (χ2n) is 7.22. The Hall–Kier alpha value is -2.84. The van der Waals surface area contributed by atoms with Gasteiger partial charge in [0, 0.05) is 48.5 Å². The lowest BCUT2D eigenvalue weighted by molar-refractivity contribution is 0.253. The van der Waals surface area contributed by atoms with Crippen LogP contribution in [0, 0.1) is 0 Å². The third-order valence-corrected chi connectivity index (χ3v) is 6.52. The lowest BCUT2D eigenvalue weighted by Crippen LogP contribution is -2.40. The summed E-state index contributed by atoms with van der Waals surface area (Å²) in [5, 5.41) is 0. The first-order valence-electron chi connectivity index (χ1n) is 9.84. The van der Waals surface area contributed by atoms with Gasteiger partial charge in [-0.15, -0.1) is 0 Å². The van der Waals surface area contributed by atoms with Crippen LogP contribution < -0.4 is 19.6 Å². The zero-order valence-corrected chi connectivity index (χ0v) is 21.5. The van der Waals surface area contributed by atoms with E-state index in [1.54, 1.807) is 47.8 Å². The number of anilines is 4. The van der Waals surface area contributed by atoms with Crippen LogP contribution in [0.25, 0.3) is 0 Å². The molecule has 32 heavy (non-hydrogen) atoms. The highest BCUT2D eigenvalue weighted by Gasteiger charge is 2.22. The Balaban J connectivity index is 1.81. The molecule has 3 aromatic carbocycles. The summed E-state index contributed by atoms with van der Waals surface area (Å²) < 4.78 is 1.66. The number of para-hydroxylation sites is 2. The topological polar surface area (TPSA) is 47.1 Å². The predicted octanol–water partition coefficient (Wildman–Crippen LogP) is 6.60. The van der Waals surface area contributed by atoms with E-state index in [0.29, 0.717) is 11.4 Å². The maximum Gasteiger partial charge on any atom is 0.328 e. The van der Waals surface area contributed by atoms with Gasteiger partial charge in [0.2, 0.25) is 0 Å². The zero-order valence-electron chi connectivity index (χ0n) is 18.3. The Bertz CT molecular complexity index is 1050. The van der Waals surface area contributed by atoms with Crippen LogP contribution >= 0.6 is 31.9 Å². The Morgan fingerprint density at radius 3 is 1.31 bits per heavy atom. The minimum Gasteiger partial charge on any atom is -0.297 e. The van der Waals surface area contributed by atoms with E-state index in [9.17, 15) is 9.59 Å². The Kier molecular flexibility index (Phi) is 7.58. The van der Waals surface area contributed by atoms with Crippen molar-refractivity contribution in [2.75, 3.05) is 47.8 Å². The largest absolute Gasteiger partial charge is 0.328 e.